The molecule has 18 heavy (non-hydrogen) atoms. The van der Waals surface area contributed by atoms with Crippen LogP contribution < -0.4 is 29.6 Å². The van der Waals surface area contributed by atoms with Crippen molar-refractivity contribution in [2.45, 2.75) is 0 Å². The summed E-state index contributed by atoms with van der Waals surface area (Å²) in [6, 6.07) is 2.99. The predicted molar refractivity (Wildman–Crippen MR) is 68.5 cm³/mol. The topological polar surface area (TPSA) is 49.7 Å². The zero-order valence-electron chi connectivity index (χ0n) is 9.52. The zero-order valence-corrected chi connectivity index (χ0v) is 13.0. The largest absolute Gasteiger partial charge is 1.00 e. The molecular weight excluding hydrogens is 284 g/mol. The molecule has 0 amide bonds. The number of allylic oxidation sites excluding steroid dienone is 4. The summed E-state index contributed by atoms with van der Waals surface area (Å²) in [6.07, 6.45) is 6.03. The Labute approximate surface area is 136 Å². The van der Waals surface area contributed by atoms with Crippen LogP contribution in [0.4, 0.5) is 5.69 Å². The minimum absolute atomic E-state index is 0. The maximum Gasteiger partial charge on any atom is 1.00 e. The molecule has 1 aromatic carbocycles. The number of aromatic hydroxyl groups is 1. The molecule has 0 spiro atoms. The van der Waals surface area contributed by atoms with Crippen LogP contribution in [0.15, 0.2) is 41.4 Å². The normalized spacial score (nSPS) is 13.4. The first kappa shape index (κ1) is 15.5. The van der Waals surface area contributed by atoms with Crippen LogP contribution in [0.3, 0.4) is 0 Å². The van der Waals surface area contributed by atoms with Crippen LogP contribution >= 0.6 is 23.2 Å². The Bertz CT molecular complexity index is 538. The van der Waals surface area contributed by atoms with E-state index in [2.05, 4.69) is 4.99 Å². The molecule has 1 aliphatic carbocycles. The summed E-state index contributed by atoms with van der Waals surface area (Å²) in [5, 5.41) is 9.66. The second-order valence-corrected chi connectivity index (χ2v) is 4.18. The van der Waals surface area contributed by atoms with E-state index in [1.165, 1.54) is 24.3 Å². The molecule has 0 saturated heterocycles. The summed E-state index contributed by atoms with van der Waals surface area (Å²) >= 11 is 11.5. The fourth-order valence-corrected chi connectivity index (χ4v) is 1.76. The van der Waals surface area contributed by atoms with Crippen molar-refractivity contribution in [1.29, 1.82) is 0 Å². The number of phenols is 1. The third-order valence-electron chi connectivity index (χ3n) is 2.10. The van der Waals surface area contributed by atoms with E-state index in [0.29, 0.717) is 11.4 Å². The second-order valence-electron chi connectivity index (χ2n) is 3.36. The smallest absolute Gasteiger partial charge is 0.505 e. The van der Waals surface area contributed by atoms with Gasteiger partial charge < -0.3 is 5.11 Å². The monoisotopic (exact) mass is 290 g/mol. The number of carbonyl (C=O) groups excluding carboxylic acids is 1. The fourth-order valence-electron chi connectivity index (χ4n) is 1.29. The second kappa shape index (κ2) is 6.55. The molecule has 0 unspecified atom stereocenters. The number of hydrogen-bond donors (Lipinski definition) is 1. The molecule has 1 N–H and O–H groups in total. The van der Waals surface area contributed by atoms with Gasteiger partial charge in [0.25, 0.3) is 0 Å². The number of ketones is 1. The van der Waals surface area contributed by atoms with Gasteiger partial charge in [-0.3, -0.25) is 4.79 Å². The Morgan fingerprint density at radius 1 is 1.00 bits per heavy atom. The molecule has 0 heterocycles. The van der Waals surface area contributed by atoms with E-state index >= 15 is 0 Å². The Morgan fingerprint density at radius 2 is 1.50 bits per heavy atom. The number of nitrogens with zero attached hydrogens (tertiary/aromatic N) is 1. The Hall–Kier alpha value is -0.580. The molecule has 0 atom stereocenters. The third-order valence-corrected chi connectivity index (χ3v) is 2.67. The molecule has 0 radical (unpaired) electrons. The molecule has 3 nitrogen and oxygen atoms in total. The number of hydrogen-bond acceptors (Lipinski definition) is 3. The van der Waals surface area contributed by atoms with Crippen molar-refractivity contribution in [3.63, 3.8) is 0 Å². The van der Waals surface area contributed by atoms with Crippen molar-refractivity contribution >= 4 is 40.4 Å². The summed E-state index contributed by atoms with van der Waals surface area (Å²) in [6.45, 7) is 0. The molecule has 0 bridgehead atoms. The van der Waals surface area contributed by atoms with Gasteiger partial charge in [0.15, 0.2) is 11.5 Å². The van der Waals surface area contributed by atoms with Crippen molar-refractivity contribution in [3.8, 4) is 5.75 Å². The minimum atomic E-state index is -0.165. The molecule has 6 heteroatoms. The van der Waals surface area contributed by atoms with Crippen LogP contribution in [0.25, 0.3) is 0 Å². The standard InChI is InChI=1S/C12H7Cl2NO2.Na/c13-10-5-8(6-11(14)12(10)17)15-7-1-3-9(16)4-2-7;/h1-6,17H;/q;+1. The summed E-state index contributed by atoms with van der Waals surface area (Å²) in [5.74, 6) is -0.243. The van der Waals surface area contributed by atoms with Crippen molar-refractivity contribution < 1.29 is 39.5 Å². The van der Waals surface area contributed by atoms with Crippen LogP contribution in [0, 0.1) is 0 Å². The molecule has 1 aliphatic rings. The van der Waals surface area contributed by atoms with Gasteiger partial charge in [0.05, 0.1) is 21.4 Å². The Balaban J connectivity index is 0.00000162. The van der Waals surface area contributed by atoms with Gasteiger partial charge in [0, 0.05) is 0 Å². The van der Waals surface area contributed by atoms with Crippen LogP contribution in [-0.2, 0) is 4.79 Å². The maximum absolute atomic E-state index is 10.9. The van der Waals surface area contributed by atoms with Gasteiger partial charge in [-0.05, 0) is 36.4 Å². The van der Waals surface area contributed by atoms with E-state index < -0.39 is 0 Å². The molecule has 86 valence electrons. The third kappa shape index (κ3) is 3.70. The average Bonchev–Trinajstić information content (AvgIpc) is 2.29. The molecule has 1 aromatic rings. The first-order valence-electron chi connectivity index (χ1n) is 4.73. The average molecular weight is 291 g/mol. The van der Waals surface area contributed by atoms with Gasteiger partial charge in [-0.15, -0.1) is 0 Å². The van der Waals surface area contributed by atoms with Crippen molar-refractivity contribution in [2.75, 3.05) is 0 Å². The SMILES string of the molecule is O=C1C=CC(=Nc2cc(Cl)c(O)c(Cl)c2)C=C1.[Na+]. The van der Waals surface area contributed by atoms with E-state index in [0.717, 1.165) is 0 Å². The molecule has 0 aromatic heterocycles. The zero-order chi connectivity index (χ0) is 12.4. The summed E-state index contributed by atoms with van der Waals surface area (Å²) < 4.78 is 0. The van der Waals surface area contributed by atoms with Gasteiger partial charge in [-0.1, -0.05) is 23.2 Å². The quantitative estimate of drug-likeness (QED) is 0.604. The van der Waals surface area contributed by atoms with Crippen LogP contribution in [0.1, 0.15) is 0 Å². The van der Waals surface area contributed by atoms with E-state index in [9.17, 15) is 9.90 Å². The number of rotatable bonds is 1. The number of carbonyl (C=O) groups is 1. The number of aliphatic imine (C=N–C) groups is 1. The number of halogens is 2. The van der Waals surface area contributed by atoms with Crippen molar-refractivity contribution in [2.24, 2.45) is 4.99 Å². The van der Waals surface area contributed by atoms with Gasteiger partial charge in [0.2, 0.25) is 0 Å². The van der Waals surface area contributed by atoms with Crippen LogP contribution in [-0.4, -0.2) is 16.6 Å². The molecular formula is C12H7Cl2NNaO2+. The molecule has 0 aliphatic heterocycles. The Kier molecular flexibility index (Phi) is 5.63. The van der Waals surface area contributed by atoms with Crippen molar-refractivity contribution in [3.05, 3.63) is 46.5 Å². The van der Waals surface area contributed by atoms with E-state index in [4.69, 9.17) is 23.2 Å². The van der Waals surface area contributed by atoms with Crippen LogP contribution in [0.5, 0.6) is 5.75 Å². The summed E-state index contributed by atoms with van der Waals surface area (Å²) in [5.41, 5.74) is 1.12. The Morgan fingerprint density at radius 3 is 2.00 bits per heavy atom. The first-order chi connectivity index (χ1) is 8.06. The van der Waals surface area contributed by atoms with Gasteiger partial charge >= 0.3 is 29.6 Å². The summed E-state index contributed by atoms with van der Waals surface area (Å²) in [4.78, 5) is 15.1. The maximum atomic E-state index is 10.9. The van der Waals surface area contributed by atoms with Gasteiger partial charge in [0.1, 0.15) is 0 Å². The van der Waals surface area contributed by atoms with E-state index in [1.54, 1.807) is 12.2 Å². The molecule has 2 rings (SSSR count). The van der Waals surface area contributed by atoms with Crippen LogP contribution in [0.2, 0.25) is 10.0 Å². The van der Waals surface area contributed by atoms with E-state index in [-0.39, 0.29) is 51.1 Å². The summed E-state index contributed by atoms with van der Waals surface area (Å²) in [7, 11) is 0. The van der Waals surface area contributed by atoms with Gasteiger partial charge in [-0.2, -0.15) is 0 Å². The first-order valence-corrected chi connectivity index (χ1v) is 5.48. The minimum Gasteiger partial charge on any atom is -0.505 e. The molecule has 0 saturated carbocycles. The molecule has 0 fully saturated rings. The van der Waals surface area contributed by atoms with E-state index in [1.807, 2.05) is 0 Å². The van der Waals surface area contributed by atoms with Gasteiger partial charge in [-0.25, -0.2) is 4.99 Å². The fraction of sp³-hybridized carbons (Fsp3) is 0. The number of benzene rings is 1. The van der Waals surface area contributed by atoms with Crippen molar-refractivity contribution in [1.82, 2.24) is 0 Å². The number of phenolic OH excluding ortho intramolecular Hbond substituents is 1. The predicted octanol–water partition coefficient (Wildman–Crippen LogP) is 0.471.